The molecule has 0 spiro atoms. The van der Waals surface area contributed by atoms with Gasteiger partial charge in [0.05, 0.1) is 21.3 Å². The maximum atomic E-state index is 12.1. The van der Waals surface area contributed by atoms with Crippen molar-refractivity contribution in [1.29, 1.82) is 0 Å². The molecule has 0 saturated carbocycles. The maximum absolute atomic E-state index is 12.1. The number of esters is 1. The first-order chi connectivity index (χ1) is 15.1. The van der Waals surface area contributed by atoms with Crippen molar-refractivity contribution >= 4 is 11.9 Å². The molecule has 0 aromatic heterocycles. The fraction of sp³-hybridized carbons (Fsp3) is 0.500. The van der Waals surface area contributed by atoms with E-state index in [0.29, 0.717) is 35.5 Å². The molecule has 1 aromatic carbocycles. The van der Waals surface area contributed by atoms with Gasteiger partial charge in [-0.3, -0.25) is 9.59 Å². The Morgan fingerprint density at radius 1 is 1.00 bits per heavy atom. The van der Waals surface area contributed by atoms with Crippen LogP contribution in [0, 0.1) is 6.92 Å². The number of amides is 1. The first kappa shape index (κ1) is 26.9. The van der Waals surface area contributed by atoms with Gasteiger partial charge in [0.1, 0.15) is 0 Å². The second-order valence-corrected chi connectivity index (χ2v) is 7.46. The van der Waals surface area contributed by atoms with Gasteiger partial charge in [0.25, 0.3) is 0 Å². The summed E-state index contributed by atoms with van der Waals surface area (Å²) in [6.07, 6.45) is 5.09. The Bertz CT molecular complexity index is 856. The first-order valence-corrected chi connectivity index (χ1v) is 10.4. The molecule has 0 heterocycles. The molecule has 32 heavy (non-hydrogen) atoms. The Morgan fingerprint density at radius 3 is 2.12 bits per heavy atom. The van der Waals surface area contributed by atoms with E-state index in [1.54, 1.807) is 21.0 Å². The van der Waals surface area contributed by atoms with E-state index in [9.17, 15) is 14.7 Å². The van der Waals surface area contributed by atoms with Crippen molar-refractivity contribution < 1.29 is 33.6 Å². The van der Waals surface area contributed by atoms with Gasteiger partial charge in [-0.1, -0.05) is 17.7 Å². The summed E-state index contributed by atoms with van der Waals surface area (Å²) in [5.74, 6) is 0.420. The number of rotatable bonds is 11. The summed E-state index contributed by atoms with van der Waals surface area (Å²) in [6.45, 7) is 8.46. The third kappa shape index (κ3) is 7.21. The first-order valence-electron chi connectivity index (χ1n) is 10.4. The number of allylic oxidation sites excluding steroid dienone is 3. The Morgan fingerprint density at radius 2 is 1.59 bits per heavy atom. The molecule has 0 saturated heterocycles. The molecular weight excluding hydrogens is 414 g/mol. The molecule has 0 aliphatic carbocycles. The summed E-state index contributed by atoms with van der Waals surface area (Å²) in [4.78, 5) is 23.1. The van der Waals surface area contributed by atoms with E-state index >= 15 is 0 Å². The van der Waals surface area contributed by atoms with E-state index in [-0.39, 0.29) is 17.4 Å². The van der Waals surface area contributed by atoms with Gasteiger partial charge in [-0.05, 0) is 47.0 Å². The number of carbonyl (C=O) groups excluding carboxylic acids is 2. The number of benzene rings is 1. The van der Waals surface area contributed by atoms with E-state index in [4.69, 9.17) is 18.9 Å². The third-order valence-corrected chi connectivity index (χ3v) is 5.00. The highest BCUT2D eigenvalue weighted by Crippen LogP contribution is 2.48. The largest absolute Gasteiger partial charge is 0.504 e. The lowest BCUT2D eigenvalue weighted by Gasteiger charge is -2.19. The molecule has 0 radical (unpaired) electrons. The number of carbonyl (C=O) groups is 2. The van der Waals surface area contributed by atoms with Crippen LogP contribution in [0.2, 0.25) is 0 Å². The molecule has 8 nitrogen and oxygen atoms in total. The second kappa shape index (κ2) is 12.6. The Labute approximate surface area is 190 Å². The third-order valence-electron chi connectivity index (χ3n) is 5.00. The summed E-state index contributed by atoms with van der Waals surface area (Å²) in [6, 6.07) is 0. The van der Waals surface area contributed by atoms with Crippen LogP contribution in [0.1, 0.15) is 51.7 Å². The highest BCUT2D eigenvalue weighted by molar-refractivity contribution is 5.92. The zero-order valence-corrected chi connectivity index (χ0v) is 20.3. The van der Waals surface area contributed by atoms with E-state index < -0.39 is 12.2 Å². The van der Waals surface area contributed by atoms with Crippen LogP contribution in [-0.4, -0.2) is 44.5 Å². The van der Waals surface area contributed by atoms with Crippen molar-refractivity contribution in [1.82, 2.24) is 5.32 Å². The van der Waals surface area contributed by atoms with Gasteiger partial charge in [0.15, 0.2) is 17.7 Å². The van der Waals surface area contributed by atoms with Crippen molar-refractivity contribution in [2.45, 2.75) is 60.1 Å². The van der Waals surface area contributed by atoms with E-state index in [1.165, 1.54) is 21.1 Å². The van der Waals surface area contributed by atoms with Crippen LogP contribution >= 0.6 is 0 Å². The lowest BCUT2D eigenvalue weighted by Crippen LogP contribution is -2.36. The molecule has 2 N–H and O–H groups in total. The van der Waals surface area contributed by atoms with Crippen molar-refractivity contribution in [3.63, 3.8) is 0 Å². The summed E-state index contributed by atoms with van der Waals surface area (Å²) in [5.41, 5.74) is 3.13. The van der Waals surface area contributed by atoms with Gasteiger partial charge in [0.2, 0.25) is 17.4 Å². The molecule has 0 aliphatic rings. The van der Waals surface area contributed by atoms with Crippen molar-refractivity contribution in [3.05, 3.63) is 34.4 Å². The van der Waals surface area contributed by atoms with Crippen LogP contribution in [0.5, 0.6) is 23.0 Å². The van der Waals surface area contributed by atoms with Gasteiger partial charge >= 0.3 is 5.97 Å². The molecular formula is C24H35NO7. The normalized spacial score (nSPS) is 12.8. The van der Waals surface area contributed by atoms with E-state index in [0.717, 1.165) is 17.6 Å². The van der Waals surface area contributed by atoms with Crippen LogP contribution in [0.25, 0.3) is 0 Å². The van der Waals surface area contributed by atoms with Crippen LogP contribution in [0.3, 0.4) is 0 Å². The van der Waals surface area contributed by atoms with Gasteiger partial charge in [-0.2, -0.15) is 0 Å². The molecule has 0 bridgehead atoms. The molecule has 1 amide bonds. The fourth-order valence-corrected chi connectivity index (χ4v) is 3.27. The minimum atomic E-state index is -0.681. The SMILES string of the molecule is COc1c(C)c(C/C=C(\C)CC/C=C(\C)C(=O)NC(C)OC(C)=O)c(O)c(OC)c1OC. The van der Waals surface area contributed by atoms with Gasteiger partial charge in [-0.25, -0.2) is 0 Å². The summed E-state index contributed by atoms with van der Waals surface area (Å²) in [7, 11) is 4.51. The van der Waals surface area contributed by atoms with Crippen LogP contribution in [0.15, 0.2) is 23.3 Å². The predicted octanol–water partition coefficient (Wildman–Crippen LogP) is 3.97. The maximum Gasteiger partial charge on any atom is 0.304 e. The Kier molecular flexibility index (Phi) is 10.6. The van der Waals surface area contributed by atoms with Gasteiger partial charge in [-0.15, -0.1) is 0 Å². The predicted molar refractivity (Wildman–Crippen MR) is 122 cm³/mol. The van der Waals surface area contributed by atoms with Gasteiger partial charge in [0, 0.05) is 23.6 Å². The molecule has 1 aromatic rings. The quantitative estimate of drug-likeness (QED) is 0.228. The number of nitrogens with one attached hydrogen (secondary N) is 1. The highest BCUT2D eigenvalue weighted by atomic mass is 16.6. The zero-order chi connectivity index (χ0) is 24.4. The number of hydrogen-bond acceptors (Lipinski definition) is 7. The number of phenols is 1. The average Bonchev–Trinajstić information content (AvgIpc) is 2.72. The van der Waals surface area contributed by atoms with Crippen LogP contribution in [-0.2, 0) is 20.7 Å². The molecule has 0 fully saturated rings. The van der Waals surface area contributed by atoms with Gasteiger partial charge < -0.3 is 29.4 Å². The van der Waals surface area contributed by atoms with Crippen LogP contribution in [0.4, 0.5) is 0 Å². The number of aromatic hydroxyl groups is 1. The monoisotopic (exact) mass is 449 g/mol. The molecule has 8 heteroatoms. The molecule has 1 rings (SSSR count). The zero-order valence-electron chi connectivity index (χ0n) is 20.3. The average molecular weight is 450 g/mol. The lowest BCUT2D eigenvalue weighted by atomic mass is 9.99. The topological polar surface area (TPSA) is 103 Å². The molecule has 1 unspecified atom stereocenters. The van der Waals surface area contributed by atoms with Crippen LogP contribution < -0.4 is 19.5 Å². The smallest absolute Gasteiger partial charge is 0.304 e. The second-order valence-electron chi connectivity index (χ2n) is 7.46. The molecule has 0 aliphatic heterocycles. The minimum absolute atomic E-state index is 0.0287. The lowest BCUT2D eigenvalue weighted by molar-refractivity contribution is -0.148. The standard InChI is InChI=1S/C24H35NO7/c1-14(10-9-11-15(2)24(28)25-17(4)32-18(5)26)12-13-19-16(3)21(29-6)23(31-8)22(30-7)20(19)27/h11-12,17,27H,9-10,13H2,1-8H3,(H,25,28)/b14-12+,15-11+. The van der Waals surface area contributed by atoms with E-state index in [1.807, 2.05) is 26.0 Å². The molecule has 1 atom stereocenters. The Balaban J connectivity index is 2.84. The Hall–Kier alpha value is -3.16. The molecule has 178 valence electrons. The summed E-state index contributed by atoms with van der Waals surface area (Å²) >= 11 is 0. The number of phenolic OH excluding ortho intramolecular Hbond substituents is 1. The number of hydrogen-bond donors (Lipinski definition) is 2. The van der Waals surface area contributed by atoms with Crippen molar-refractivity contribution in [2.75, 3.05) is 21.3 Å². The van der Waals surface area contributed by atoms with E-state index in [2.05, 4.69) is 5.32 Å². The summed E-state index contributed by atoms with van der Waals surface area (Å²) < 4.78 is 21.0. The minimum Gasteiger partial charge on any atom is -0.504 e. The summed E-state index contributed by atoms with van der Waals surface area (Å²) in [5, 5.41) is 13.3. The highest BCUT2D eigenvalue weighted by Gasteiger charge is 2.23. The number of ether oxygens (including phenoxy) is 4. The number of methoxy groups -OCH3 is 3. The van der Waals surface area contributed by atoms with Crippen molar-refractivity contribution in [2.24, 2.45) is 0 Å². The van der Waals surface area contributed by atoms with Crippen molar-refractivity contribution in [3.8, 4) is 23.0 Å². The fourth-order valence-electron chi connectivity index (χ4n) is 3.27.